The van der Waals surface area contributed by atoms with Gasteiger partial charge in [0.05, 0.1) is 0 Å². The monoisotopic (exact) mass is 303 g/mol. The fourth-order valence-electron chi connectivity index (χ4n) is 2.05. The van der Waals surface area contributed by atoms with E-state index < -0.39 is 6.10 Å². The van der Waals surface area contributed by atoms with Gasteiger partial charge < -0.3 is 14.8 Å². The smallest absolute Gasteiger partial charge is 0.264 e. The Balaban J connectivity index is 1.58. The zero-order chi connectivity index (χ0) is 14.7. The summed E-state index contributed by atoms with van der Waals surface area (Å²) in [7, 11) is 0. The van der Waals surface area contributed by atoms with E-state index in [9.17, 15) is 4.79 Å². The molecule has 0 fully saturated rings. The van der Waals surface area contributed by atoms with Crippen molar-refractivity contribution in [3.63, 3.8) is 0 Å². The molecule has 2 aromatic rings. The minimum absolute atomic E-state index is 0.195. The van der Waals surface area contributed by atoms with Crippen LogP contribution < -0.4 is 14.8 Å². The van der Waals surface area contributed by atoms with E-state index >= 15 is 0 Å². The summed E-state index contributed by atoms with van der Waals surface area (Å²) < 4.78 is 11.2. The summed E-state index contributed by atoms with van der Waals surface area (Å²) in [5.74, 6) is 1.06. The Morgan fingerprint density at radius 1 is 1.14 bits per heavy atom. The second-order valence-corrected chi connectivity index (χ2v) is 5.14. The third-order valence-corrected chi connectivity index (χ3v) is 3.43. The van der Waals surface area contributed by atoms with Gasteiger partial charge in [0, 0.05) is 11.6 Å². The number of carbonyl (C=O) groups is 1. The van der Waals surface area contributed by atoms with Crippen LogP contribution in [0, 0.1) is 0 Å². The molecule has 0 radical (unpaired) electrons. The van der Waals surface area contributed by atoms with Gasteiger partial charge in [-0.1, -0.05) is 35.9 Å². The van der Waals surface area contributed by atoms with Crippen molar-refractivity contribution in [1.82, 2.24) is 5.32 Å². The standard InChI is InChI=1S/C16H14ClNO3/c17-12-7-5-11(6-8-12)9-18-16(19)15-10-20-13-3-1-2-4-14(13)21-15/h1-8,15H,9-10H2,(H,18,19)/t15-/m1/s1. The average Bonchev–Trinajstić information content (AvgIpc) is 2.53. The van der Waals surface area contributed by atoms with Crippen molar-refractivity contribution in [2.24, 2.45) is 0 Å². The summed E-state index contributed by atoms with van der Waals surface area (Å²) in [5, 5.41) is 3.50. The van der Waals surface area contributed by atoms with E-state index in [1.165, 1.54) is 0 Å². The van der Waals surface area contributed by atoms with E-state index in [-0.39, 0.29) is 12.5 Å². The van der Waals surface area contributed by atoms with E-state index in [2.05, 4.69) is 5.32 Å². The molecule has 21 heavy (non-hydrogen) atoms. The molecule has 1 amide bonds. The first-order valence-electron chi connectivity index (χ1n) is 6.63. The van der Waals surface area contributed by atoms with Crippen LogP contribution in [-0.4, -0.2) is 18.6 Å². The van der Waals surface area contributed by atoms with Crippen LogP contribution >= 0.6 is 11.6 Å². The normalized spacial score (nSPS) is 16.3. The molecule has 1 aliphatic heterocycles. The molecule has 1 aliphatic rings. The summed E-state index contributed by atoms with van der Waals surface area (Å²) in [6.07, 6.45) is -0.632. The Bertz CT molecular complexity index is 642. The molecular weight excluding hydrogens is 290 g/mol. The number of rotatable bonds is 3. The molecule has 0 saturated heterocycles. The molecule has 4 nitrogen and oxygen atoms in total. The predicted molar refractivity (Wildman–Crippen MR) is 79.7 cm³/mol. The lowest BCUT2D eigenvalue weighted by Gasteiger charge is -2.25. The van der Waals surface area contributed by atoms with Gasteiger partial charge in [-0.05, 0) is 29.8 Å². The maximum atomic E-state index is 12.1. The molecule has 0 unspecified atom stereocenters. The Kier molecular flexibility index (Phi) is 3.97. The lowest BCUT2D eigenvalue weighted by Crippen LogP contribution is -2.43. The molecule has 0 saturated carbocycles. The maximum absolute atomic E-state index is 12.1. The second-order valence-electron chi connectivity index (χ2n) is 4.71. The highest BCUT2D eigenvalue weighted by Crippen LogP contribution is 2.30. The van der Waals surface area contributed by atoms with Crippen LogP contribution in [0.15, 0.2) is 48.5 Å². The molecular formula is C16H14ClNO3. The zero-order valence-corrected chi connectivity index (χ0v) is 12.0. The Hall–Kier alpha value is -2.20. The third-order valence-electron chi connectivity index (χ3n) is 3.18. The Morgan fingerprint density at radius 2 is 1.86 bits per heavy atom. The van der Waals surface area contributed by atoms with Gasteiger partial charge >= 0.3 is 0 Å². The highest BCUT2D eigenvalue weighted by molar-refractivity contribution is 6.30. The molecule has 1 N–H and O–H groups in total. The third kappa shape index (κ3) is 3.28. The number of halogens is 1. The fourth-order valence-corrected chi connectivity index (χ4v) is 2.18. The molecule has 0 spiro atoms. The van der Waals surface area contributed by atoms with Crippen molar-refractivity contribution < 1.29 is 14.3 Å². The number of para-hydroxylation sites is 2. The first kappa shape index (κ1) is 13.8. The lowest BCUT2D eigenvalue weighted by molar-refractivity contribution is -0.130. The van der Waals surface area contributed by atoms with Gasteiger partial charge in [0.15, 0.2) is 11.5 Å². The van der Waals surface area contributed by atoms with Gasteiger partial charge in [-0.3, -0.25) is 4.79 Å². The quantitative estimate of drug-likeness (QED) is 0.948. The number of ether oxygens (including phenoxy) is 2. The van der Waals surface area contributed by atoms with Crippen LogP contribution in [0.1, 0.15) is 5.56 Å². The molecule has 0 aromatic heterocycles. The number of fused-ring (bicyclic) bond motifs is 1. The van der Waals surface area contributed by atoms with Crippen LogP contribution in [0.5, 0.6) is 11.5 Å². The number of carbonyl (C=O) groups excluding carboxylic acids is 1. The first-order valence-corrected chi connectivity index (χ1v) is 7.01. The number of benzene rings is 2. The average molecular weight is 304 g/mol. The highest BCUT2D eigenvalue weighted by atomic mass is 35.5. The van der Waals surface area contributed by atoms with Gasteiger partial charge in [-0.2, -0.15) is 0 Å². The summed E-state index contributed by atoms with van der Waals surface area (Å²) in [6, 6.07) is 14.6. The van der Waals surface area contributed by atoms with E-state index in [0.29, 0.717) is 23.1 Å². The van der Waals surface area contributed by atoms with Crippen molar-refractivity contribution in [1.29, 1.82) is 0 Å². The van der Waals surface area contributed by atoms with E-state index in [4.69, 9.17) is 21.1 Å². The van der Waals surface area contributed by atoms with Gasteiger partial charge in [0.25, 0.3) is 5.91 Å². The summed E-state index contributed by atoms with van der Waals surface area (Å²) in [6.45, 7) is 0.640. The molecule has 5 heteroatoms. The van der Waals surface area contributed by atoms with Gasteiger partial charge in [0.2, 0.25) is 6.10 Å². The zero-order valence-electron chi connectivity index (χ0n) is 11.2. The molecule has 1 heterocycles. The van der Waals surface area contributed by atoms with Crippen molar-refractivity contribution in [2.75, 3.05) is 6.61 Å². The van der Waals surface area contributed by atoms with E-state index in [1.807, 2.05) is 30.3 Å². The van der Waals surface area contributed by atoms with Crippen LogP contribution in [0.3, 0.4) is 0 Å². The van der Waals surface area contributed by atoms with Crippen molar-refractivity contribution in [2.45, 2.75) is 12.6 Å². The molecule has 108 valence electrons. The van der Waals surface area contributed by atoms with Crippen molar-refractivity contribution in [3.05, 3.63) is 59.1 Å². The topological polar surface area (TPSA) is 47.6 Å². The van der Waals surface area contributed by atoms with E-state index in [0.717, 1.165) is 5.56 Å². The SMILES string of the molecule is O=C(NCc1ccc(Cl)cc1)[C@H]1COc2ccccc2O1. The van der Waals surface area contributed by atoms with Crippen molar-refractivity contribution in [3.8, 4) is 11.5 Å². The lowest BCUT2D eigenvalue weighted by atomic mass is 10.2. The molecule has 0 bridgehead atoms. The number of nitrogens with one attached hydrogen (secondary N) is 1. The maximum Gasteiger partial charge on any atom is 0.264 e. The van der Waals surface area contributed by atoms with Gasteiger partial charge in [-0.15, -0.1) is 0 Å². The van der Waals surface area contributed by atoms with Gasteiger partial charge in [-0.25, -0.2) is 0 Å². The molecule has 1 atom stereocenters. The molecule has 2 aromatic carbocycles. The highest BCUT2D eigenvalue weighted by Gasteiger charge is 2.26. The predicted octanol–water partition coefficient (Wildman–Crippen LogP) is 2.80. The largest absolute Gasteiger partial charge is 0.485 e. The minimum Gasteiger partial charge on any atom is -0.485 e. The molecule has 0 aliphatic carbocycles. The number of hydrogen-bond donors (Lipinski definition) is 1. The first-order chi connectivity index (χ1) is 10.2. The van der Waals surface area contributed by atoms with Crippen molar-refractivity contribution >= 4 is 17.5 Å². The summed E-state index contributed by atoms with van der Waals surface area (Å²) in [5.41, 5.74) is 0.977. The number of amides is 1. The summed E-state index contributed by atoms with van der Waals surface area (Å²) in [4.78, 5) is 12.1. The summed E-state index contributed by atoms with van der Waals surface area (Å²) >= 11 is 5.82. The van der Waals surface area contributed by atoms with Crippen LogP contribution in [-0.2, 0) is 11.3 Å². The van der Waals surface area contributed by atoms with Crippen LogP contribution in [0.4, 0.5) is 0 Å². The molecule has 3 rings (SSSR count). The minimum atomic E-state index is -0.632. The van der Waals surface area contributed by atoms with E-state index in [1.54, 1.807) is 18.2 Å². The van der Waals surface area contributed by atoms with Crippen LogP contribution in [0.2, 0.25) is 5.02 Å². The Labute approximate surface area is 127 Å². The van der Waals surface area contributed by atoms with Gasteiger partial charge in [0.1, 0.15) is 6.61 Å². The fraction of sp³-hybridized carbons (Fsp3) is 0.188. The van der Waals surface area contributed by atoms with Crippen LogP contribution in [0.25, 0.3) is 0 Å². The second kappa shape index (κ2) is 6.06. The number of hydrogen-bond acceptors (Lipinski definition) is 3. The Morgan fingerprint density at radius 3 is 2.62 bits per heavy atom.